The average Bonchev–Trinajstić information content (AvgIpc) is 3.28. The summed E-state index contributed by atoms with van der Waals surface area (Å²) in [5, 5.41) is 5.71. The highest BCUT2D eigenvalue weighted by Gasteiger charge is 2.35. The number of hydrogen-bond donors (Lipinski definition) is 2. The van der Waals surface area contributed by atoms with Gasteiger partial charge in [-0.3, -0.25) is 14.5 Å². The Morgan fingerprint density at radius 3 is 2.47 bits per heavy atom. The lowest BCUT2D eigenvalue weighted by atomic mass is 9.80. The Hall–Kier alpha value is -3.06. The molecule has 168 valence electrons. The molecule has 2 amide bonds. The number of carbonyl (C=O) groups excluding carboxylic acids is 2. The van der Waals surface area contributed by atoms with Crippen LogP contribution in [0.25, 0.3) is 0 Å². The van der Waals surface area contributed by atoms with Crippen LogP contribution < -0.4 is 20.1 Å². The topological polar surface area (TPSA) is 79.9 Å². The fraction of sp³-hybridized carbons (Fsp3) is 0.440. The van der Waals surface area contributed by atoms with Gasteiger partial charge in [0.25, 0.3) is 5.91 Å². The van der Waals surface area contributed by atoms with Crippen LogP contribution in [0, 0.1) is 0 Å². The van der Waals surface area contributed by atoms with Crippen LogP contribution in [0.4, 0.5) is 0 Å². The third-order valence-corrected chi connectivity index (χ3v) is 6.80. The SMILES string of the molecule is O=C(CNC(=O)c1ccccc1)NC1CN(C2CCC(c3ccc4c(c3)OCO4)CC2)C1. The van der Waals surface area contributed by atoms with Gasteiger partial charge in [0, 0.05) is 24.7 Å². The number of fused-ring (bicyclic) bond motifs is 1. The van der Waals surface area contributed by atoms with E-state index in [0.717, 1.165) is 24.6 Å². The molecule has 7 nitrogen and oxygen atoms in total. The van der Waals surface area contributed by atoms with Crippen molar-refractivity contribution in [1.29, 1.82) is 0 Å². The van der Waals surface area contributed by atoms with Crippen molar-refractivity contribution < 1.29 is 19.1 Å². The molecular weight excluding hydrogens is 406 g/mol. The summed E-state index contributed by atoms with van der Waals surface area (Å²) in [5.41, 5.74) is 1.91. The number of amides is 2. The van der Waals surface area contributed by atoms with E-state index in [1.165, 1.54) is 31.2 Å². The summed E-state index contributed by atoms with van der Waals surface area (Å²) in [6, 6.07) is 16.0. The number of rotatable bonds is 6. The largest absolute Gasteiger partial charge is 0.454 e. The number of nitrogens with one attached hydrogen (secondary N) is 2. The third-order valence-electron chi connectivity index (χ3n) is 6.80. The maximum atomic E-state index is 12.2. The van der Waals surface area contributed by atoms with Crippen molar-refractivity contribution in [1.82, 2.24) is 15.5 Å². The van der Waals surface area contributed by atoms with E-state index in [2.05, 4.69) is 27.7 Å². The molecule has 2 fully saturated rings. The molecule has 0 atom stereocenters. The van der Waals surface area contributed by atoms with Gasteiger partial charge in [-0.25, -0.2) is 0 Å². The van der Waals surface area contributed by atoms with E-state index < -0.39 is 0 Å². The number of benzene rings is 2. The van der Waals surface area contributed by atoms with Gasteiger partial charge in [-0.1, -0.05) is 24.3 Å². The minimum Gasteiger partial charge on any atom is -0.454 e. The van der Waals surface area contributed by atoms with Crippen LogP contribution >= 0.6 is 0 Å². The molecule has 1 saturated heterocycles. The average molecular weight is 436 g/mol. The maximum Gasteiger partial charge on any atom is 0.251 e. The molecule has 2 heterocycles. The van der Waals surface area contributed by atoms with E-state index in [-0.39, 0.29) is 24.4 Å². The first kappa shape index (κ1) is 20.8. The van der Waals surface area contributed by atoms with Crippen molar-refractivity contribution >= 4 is 11.8 Å². The molecule has 0 spiro atoms. The minimum atomic E-state index is -0.227. The number of likely N-dealkylation sites (tertiary alicyclic amines) is 1. The van der Waals surface area contributed by atoms with Gasteiger partial charge in [-0.05, 0) is 61.4 Å². The van der Waals surface area contributed by atoms with Crippen LogP contribution in [-0.4, -0.2) is 55.2 Å². The fourth-order valence-corrected chi connectivity index (χ4v) is 4.97. The number of ether oxygens (including phenoxy) is 2. The van der Waals surface area contributed by atoms with Gasteiger partial charge in [-0.15, -0.1) is 0 Å². The molecule has 7 heteroatoms. The second-order valence-electron chi connectivity index (χ2n) is 8.89. The van der Waals surface area contributed by atoms with E-state index in [0.29, 0.717) is 24.3 Å². The summed E-state index contributed by atoms with van der Waals surface area (Å²) in [4.78, 5) is 26.7. The normalized spacial score (nSPS) is 22.8. The fourth-order valence-electron chi connectivity index (χ4n) is 4.97. The Bertz CT molecular complexity index is 966. The van der Waals surface area contributed by atoms with Crippen LogP contribution in [0.5, 0.6) is 11.5 Å². The van der Waals surface area contributed by atoms with E-state index in [1.807, 2.05) is 12.1 Å². The van der Waals surface area contributed by atoms with Crippen LogP contribution in [0.2, 0.25) is 0 Å². The highest BCUT2D eigenvalue weighted by molar-refractivity contribution is 5.96. The van der Waals surface area contributed by atoms with Gasteiger partial charge in [0.05, 0.1) is 12.6 Å². The summed E-state index contributed by atoms with van der Waals surface area (Å²) in [6.07, 6.45) is 4.69. The van der Waals surface area contributed by atoms with E-state index in [9.17, 15) is 9.59 Å². The first-order valence-electron chi connectivity index (χ1n) is 11.4. The zero-order chi connectivity index (χ0) is 21.9. The van der Waals surface area contributed by atoms with Gasteiger partial charge >= 0.3 is 0 Å². The standard InChI is InChI=1S/C25H29N3O4/c29-24(13-26-25(30)18-4-2-1-3-5-18)27-20-14-28(15-20)21-9-6-17(7-10-21)19-8-11-22-23(12-19)32-16-31-22/h1-5,8,11-12,17,20-21H,6-7,9-10,13-16H2,(H,26,30)(H,27,29). The van der Waals surface area contributed by atoms with Crippen molar-refractivity contribution in [2.24, 2.45) is 0 Å². The molecular formula is C25H29N3O4. The van der Waals surface area contributed by atoms with E-state index >= 15 is 0 Å². The van der Waals surface area contributed by atoms with Gasteiger partial charge in [-0.2, -0.15) is 0 Å². The Morgan fingerprint density at radius 1 is 0.938 bits per heavy atom. The van der Waals surface area contributed by atoms with Crippen LogP contribution in [0.3, 0.4) is 0 Å². The third kappa shape index (κ3) is 4.58. The highest BCUT2D eigenvalue weighted by atomic mass is 16.7. The van der Waals surface area contributed by atoms with Crippen LogP contribution in [0.1, 0.15) is 47.5 Å². The van der Waals surface area contributed by atoms with Crippen molar-refractivity contribution in [2.75, 3.05) is 26.4 Å². The summed E-state index contributed by atoms with van der Waals surface area (Å²) < 4.78 is 10.9. The quantitative estimate of drug-likeness (QED) is 0.729. The minimum absolute atomic E-state index is 0.00483. The lowest BCUT2D eigenvalue weighted by Crippen LogP contribution is -2.63. The highest BCUT2D eigenvalue weighted by Crippen LogP contribution is 2.40. The Morgan fingerprint density at radius 2 is 1.69 bits per heavy atom. The summed E-state index contributed by atoms with van der Waals surface area (Å²) >= 11 is 0. The lowest BCUT2D eigenvalue weighted by Gasteiger charge is -2.46. The van der Waals surface area contributed by atoms with Crippen molar-refractivity contribution in [3.8, 4) is 11.5 Å². The Labute approximate surface area is 188 Å². The Balaban J connectivity index is 1.01. The van der Waals surface area contributed by atoms with E-state index in [1.54, 1.807) is 24.3 Å². The van der Waals surface area contributed by atoms with Gasteiger partial charge in [0.2, 0.25) is 12.7 Å². The molecule has 1 aliphatic carbocycles. The molecule has 0 unspecified atom stereocenters. The maximum absolute atomic E-state index is 12.2. The number of carbonyl (C=O) groups is 2. The summed E-state index contributed by atoms with van der Waals surface area (Å²) in [7, 11) is 0. The molecule has 2 aromatic rings. The number of nitrogens with zero attached hydrogens (tertiary/aromatic N) is 1. The molecule has 2 N–H and O–H groups in total. The number of hydrogen-bond acceptors (Lipinski definition) is 5. The monoisotopic (exact) mass is 435 g/mol. The molecule has 0 radical (unpaired) electrons. The van der Waals surface area contributed by atoms with Gasteiger partial charge < -0.3 is 20.1 Å². The van der Waals surface area contributed by atoms with Gasteiger partial charge in [0.15, 0.2) is 11.5 Å². The lowest BCUT2D eigenvalue weighted by molar-refractivity contribution is -0.122. The Kier molecular flexibility index (Phi) is 5.99. The van der Waals surface area contributed by atoms with Crippen molar-refractivity contribution in [3.63, 3.8) is 0 Å². The predicted molar refractivity (Wildman–Crippen MR) is 120 cm³/mol. The van der Waals surface area contributed by atoms with Crippen LogP contribution in [0.15, 0.2) is 48.5 Å². The smallest absolute Gasteiger partial charge is 0.251 e. The zero-order valence-corrected chi connectivity index (χ0v) is 18.1. The second-order valence-corrected chi connectivity index (χ2v) is 8.89. The first-order valence-corrected chi connectivity index (χ1v) is 11.4. The zero-order valence-electron chi connectivity index (χ0n) is 18.1. The van der Waals surface area contributed by atoms with Crippen molar-refractivity contribution in [3.05, 3.63) is 59.7 Å². The first-order chi connectivity index (χ1) is 15.7. The molecule has 1 saturated carbocycles. The van der Waals surface area contributed by atoms with Crippen molar-refractivity contribution in [2.45, 2.75) is 43.7 Å². The molecule has 5 rings (SSSR count). The van der Waals surface area contributed by atoms with Gasteiger partial charge in [0.1, 0.15) is 0 Å². The molecule has 2 aromatic carbocycles. The summed E-state index contributed by atoms with van der Waals surface area (Å²) in [5.74, 6) is 1.92. The van der Waals surface area contributed by atoms with E-state index in [4.69, 9.17) is 9.47 Å². The summed E-state index contributed by atoms with van der Waals surface area (Å²) in [6.45, 7) is 2.10. The molecule has 32 heavy (non-hydrogen) atoms. The predicted octanol–water partition coefficient (Wildman–Crippen LogP) is 2.67. The molecule has 0 bridgehead atoms. The molecule has 3 aliphatic rings. The van der Waals surface area contributed by atoms with Crippen LogP contribution in [-0.2, 0) is 4.79 Å². The molecule has 0 aromatic heterocycles. The second kappa shape index (κ2) is 9.20. The molecule has 2 aliphatic heterocycles.